The number of nitrogens with one attached hydrogen (secondary N) is 1. The SMILES string of the molecule is CC(C)[C@H](C(=O)Nc1ccc2c(c1)OCCO2)c1ccc(Cl)cc1. The van der Waals surface area contributed by atoms with E-state index in [2.05, 4.69) is 5.32 Å². The van der Waals surface area contributed by atoms with Gasteiger partial charge in [-0.15, -0.1) is 0 Å². The lowest BCUT2D eigenvalue weighted by Gasteiger charge is -2.22. The number of benzene rings is 2. The van der Waals surface area contributed by atoms with Crippen molar-refractivity contribution in [3.63, 3.8) is 0 Å². The summed E-state index contributed by atoms with van der Waals surface area (Å²) in [6, 6.07) is 12.9. The second kappa shape index (κ2) is 7.14. The third-order valence-electron chi connectivity index (χ3n) is 3.99. The zero-order valence-corrected chi connectivity index (χ0v) is 14.5. The van der Waals surface area contributed by atoms with E-state index in [1.165, 1.54) is 0 Å². The number of hydrogen-bond acceptors (Lipinski definition) is 3. The second-order valence-electron chi connectivity index (χ2n) is 6.12. The van der Waals surface area contributed by atoms with Gasteiger partial charge in [0.25, 0.3) is 0 Å². The molecule has 0 radical (unpaired) electrons. The van der Waals surface area contributed by atoms with Crippen LogP contribution in [0.25, 0.3) is 0 Å². The summed E-state index contributed by atoms with van der Waals surface area (Å²) >= 11 is 5.95. The van der Waals surface area contributed by atoms with Crippen LogP contribution in [0.4, 0.5) is 5.69 Å². The first-order valence-electron chi connectivity index (χ1n) is 8.00. The van der Waals surface area contributed by atoms with E-state index in [-0.39, 0.29) is 17.7 Å². The lowest BCUT2D eigenvalue weighted by atomic mass is 9.87. The number of rotatable bonds is 4. The lowest BCUT2D eigenvalue weighted by molar-refractivity contribution is -0.118. The smallest absolute Gasteiger partial charge is 0.232 e. The maximum atomic E-state index is 12.8. The van der Waals surface area contributed by atoms with E-state index < -0.39 is 0 Å². The van der Waals surface area contributed by atoms with E-state index >= 15 is 0 Å². The van der Waals surface area contributed by atoms with Crippen LogP contribution in [-0.2, 0) is 4.79 Å². The second-order valence-corrected chi connectivity index (χ2v) is 6.56. The molecular weight excluding hydrogens is 326 g/mol. The van der Waals surface area contributed by atoms with Crippen LogP contribution in [0.15, 0.2) is 42.5 Å². The molecule has 3 rings (SSSR count). The first kappa shape index (κ1) is 16.7. The molecule has 0 saturated carbocycles. The van der Waals surface area contributed by atoms with Crippen molar-refractivity contribution >= 4 is 23.2 Å². The molecule has 126 valence electrons. The Balaban J connectivity index is 1.80. The fraction of sp³-hybridized carbons (Fsp3) is 0.316. The minimum atomic E-state index is -0.254. The molecule has 0 fully saturated rings. The quantitative estimate of drug-likeness (QED) is 0.888. The largest absolute Gasteiger partial charge is 0.486 e. The number of ether oxygens (including phenoxy) is 2. The van der Waals surface area contributed by atoms with E-state index in [4.69, 9.17) is 21.1 Å². The number of anilines is 1. The van der Waals surface area contributed by atoms with E-state index in [1.807, 2.05) is 50.2 Å². The highest BCUT2D eigenvalue weighted by atomic mass is 35.5. The first-order chi connectivity index (χ1) is 11.5. The normalized spacial score (nSPS) is 14.3. The summed E-state index contributed by atoms with van der Waals surface area (Å²) in [7, 11) is 0. The Bertz CT molecular complexity index is 728. The number of carbonyl (C=O) groups excluding carboxylic acids is 1. The summed E-state index contributed by atoms with van der Waals surface area (Å²) in [5, 5.41) is 3.64. The van der Waals surface area contributed by atoms with Gasteiger partial charge in [-0.05, 0) is 35.7 Å². The van der Waals surface area contributed by atoms with Crippen LogP contribution in [0.1, 0.15) is 25.3 Å². The summed E-state index contributed by atoms with van der Waals surface area (Å²) in [6.07, 6.45) is 0. The minimum Gasteiger partial charge on any atom is -0.486 e. The molecule has 24 heavy (non-hydrogen) atoms. The van der Waals surface area contributed by atoms with Gasteiger partial charge in [0.15, 0.2) is 11.5 Å². The average molecular weight is 346 g/mol. The molecule has 1 N–H and O–H groups in total. The van der Waals surface area contributed by atoms with Gasteiger partial charge in [0.1, 0.15) is 13.2 Å². The van der Waals surface area contributed by atoms with Crippen molar-refractivity contribution in [2.24, 2.45) is 5.92 Å². The van der Waals surface area contributed by atoms with Crippen LogP contribution in [0.2, 0.25) is 5.02 Å². The monoisotopic (exact) mass is 345 g/mol. The highest BCUT2D eigenvalue weighted by Gasteiger charge is 2.24. The summed E-state index contributed by atoms with van der Waals surface area (Å²) in [5.41, 5.74) is 1.65. The predicted octanol–water partition coefficient (Wildman–Crippen LogP) is 4.49. The molecule has 0 unspecified atom stereocenters. The Kier molecular flexibility index (Phi) is 4.95. The van der Waals surface area contributed by atoms with Gasteiger partial charge in [-0.3, -0.25) is 4.79 Å². The standard InChI is InChI=1S/C19H20ClNO3/c1-12(2)18(13-3-5-14(20)6-4-13)19(22)21-15-7-8-16-17(11-15)24-10-9-23-16/h3-8,11-12,18H,9-10H2,1-2H3,(H,21,22)/t18-/m0/s1. The number of amides is 1. The van der Waals surface area contributed by atoms with Gasteiger partial charge in [-0.1, -0.05) is 37.6 Å². The molecular formula is C19H20ClNO3. The Morgan fingerprint density at radius 1 is 1.04 bits per heavy atom. The fourth-order valence-corrected chi connectivity index (χ4v) is 2.98. The Hall–Kier alpha value is -2.20. The van der Waals surface area contributed by atoms with Crippen molar-refractivity contribution in [1.29, 1.82) is 0 Å². The van der Waals surface area contributed by atoms with Crippen LogP contribution < -0.4 is 14.8 Å². The third kappa shape index (κ3) is 3.65. The molecule has 5 heteroatoms. The molecule has 1 aliphatic heterocycles. The van der Waals surface area contributed by atoms with Crippen LogP contribution in [0, 0.1) is 5.92 Å². The van der Waals surface area contributed by atoms with Crippen LogP contribution in [-0.4, -0.2) is 19.1 Å². The Morgan fingerprint density at radius 3 is 2.38 bits per heavy atom. The zero-order chi connectivity index (χ0) is 17.1. The van der Waals surface area contributed by atoms with Gasteiger partial charge in [-0.25, -0.2) is 0 Å². The highest BCUT2D eigenvalue weighted by Crippen LogP contribution is 2.33. The van der Waals surface area contributed by atoms with Crippen molar-refractivity contribution in [2.75, 3.05) is 18.5 Å². The number of carbonyl (C=O) groups is 1. The average Bonchev–Trinajstić information content (AvgIpc) is 2.56. The highest BCUT2D eigenvalue weighted by molar-refractivity contribution is 6.30. The molecule has 0 bridgehead atoms. The summed E-state index contributed by atoms with van der Waals surface area (Å²) in [6.45, 7) is 5.12. The van der Waals surface area contributed by atoms with Crippen molar-refractivity contribution in [1.82, 2.24) is 0 Å². The maximum absolute atomic E-state index is 12.8. The van der Waals surface area contributed by atoms with Crippen LogP contribution in [0.5, 0.6) is 11.5 Å². The summed E-state index contributed by atoms with van der Waals surface area (Å²) < 4.78 is 11.1. The summed E-state index contributed by atoms with van der Waals surface area (Å²) in [4.78, 5) is 12.8. The van der Waals surface area contributed by atoms with E-state index in [1.54, 1.807) is 6.07 Å². The predicted molar refractivity (Wildman–Crippen MR) is 95.1 cm³/mol. The first-order valence-corrected chi connectivity index (χ1v) is 8.38. The molecule has 1 atom stereocenters. The molecule has 2 aromatic rings. The van der Waals surface area contributed by atoms with E-state index in [9.17, 15) is 4.79 Å². The molecule has 1 heterocycles. The molecule has 0 saturated heterocycles. The molecule has 4 nitrogen and oxygen atoms in total. The number of hydrogen-bond donors (Lipinski definition) is 1. The van der Waals surface area contributed by atoms with Gasteiger partial charge < -0.3 is 14.8 Å². The number of fused-ring (bicyclic) bond motifs is 1. The minimum absolute atomic E-state index is 0.0519. The van der Waals surface area contributed by atoms with Crippen molar-refractivity contribution in [3.05, 3.63) is 53.1 Å². The Morgan fingerprint density at radius 2 is 1.71 bits per heavy atom. The molecule has 0 aliphatic carbocycles. The fourth-order valence-electron chi connectivity index (χ4n) is 2.85. The topological polar surface area (TPSA) is 47.6 Å². The molecule has 1 amide bonds. The van der Waals surface area contributed by atoms with Gasteiger partial charge in [0.05, 0.1) is 5.92 Å². The van der Waals surface area contributed by atoms with E-state index in [0.29, 0.717) is 35.4 Å². The van der Waals surface area contributed by atoms with E-state index in [0.717, 1.165) is 5.56 Å². The van der Waals surface area contributed by atoms with Crippen LogP contribution >= 0.6 is 11.6 Å². The molecule has 0 aromatic heterocycles. The summed E-state index contributed by atoms with van der Waals surface area (Å²) in [5.74, 6) is 1.21. The van der Waals surface area contributed by atoms with Crippen molar-refractivity contribution in [2.45, 2.75) is 19.8 Å². The van der Waals surface area contributed by atoms with Gasteiger partial charge >= 0.3 is 0 Å². The molecule has 1 aliphatic rings. The maximum Gasteiger partial charge on any atom is 0.232 e. The van der Waals surface area contributed by atoms with Gasteiger partial charge in [-0.2, -0.15) is 0 Å². The third-order valence-corrected chi connectivity index (χ3v) is 4.24. The van der Waals surface area contributed by atoms with Gasteiger partial charge in [0.2, 0.25) is 5.91 Å². The van der Waals surface area contributed by atoms with Crippen molar-refractivity contribution in [3.8, 4) is 11.5 Å². The molecule has 0 spiro atoms. The van der Waals surface area contributed by atoms with Gasteiger partial charge in [0, 0.05) is 16.8 Å². The lowest BCUT2D eigenvalue weighted by Crippen LogP contribution is -2.25. The zero-order valence-electron chi connectivity index (χ0n) is 13.7. The number of halogens is 1. The van der Waals surface area contributed by atoms with Crippen molar-refractivity contribution < 1.29 is 14.3 Å². The Labute approximate surface area is 146 Å². The van der Waals surface area contributed by atoms with Crippen LogP contribution in [0.3, 0.4) is 0 Å². The molecule has 2 aromatic carbocycles.